The fraction of sp³-hybridized carbons (Fsp3) is 0.143. The van der Waals surface area contributed by atoms with Crippen molar-refractivity contribution < 1.29 is 0 Å². The third kappa shape index (κ3) is 2.55. The maximum atomic E-state index is 6.05. The molecule has 0 saturated carbocycles. The van der Waals surface area contributed by atoms with E-state index in [0.717, 1.165) is 16.9 Å². The van der Waals surface area contributed by atoms with Gasteiger partial charge in [0, 0.05) is 34.2 Å². The number of anilines is 3. The maximum Gasteiger partial charge on any atom is 0.0473 e. The molecule has 0 heterocycles. The monoisotopic (exact) mass is 280 g/mol. The largest absolute Gasteiger partial charge is 0.398 e. The predicted molar refractivity (Wildman–Crippen MR) is 80.1 cm³/mol. The van der Waals surface area contributed by atoms with Gasteiger partial charge >= 0.3 is 0 Å². The van der Waals surface area contributed by atoms with Crippen molar-refractivity contribution in [3.63, 3.8) is 0 Å². The van der Waals surface area contributed by atoms with Crippen molar-refractivity contribution in [2.45, 2.75) is 6.92 Å². The molecule has 0 bridgehead atoms. The topological polar surface area (TPSA) is 29.3 Å². The van der Waals surface area contributed by atoms with Gasteiger partial charge in [0.2, 0.25) is 0 Å². The molecule has 94 valence electrons. The summed E-state index contributed by atoms with van der Waals surface area (Å²) in [4.78, 5) is 2.02. The summed E-state index contributed by atoms with van der Waals surface area (Å²) in [5.74, 6) is 0. The van der Waals surface area contributed by atoms with E-state index >= 15 is 0 Å². The van der Waals surface area contributed by atoms with Gasteiger partial charge < -0.3 is 10.6 Å². The van der Waals surface area contributed by atoms with Gasteiger partial charge in [0.15, 0.2) is 0 Å². The van der Waals surface area contributed by atoms with Crippen LogP contribution in [-0.4, -0.2) is 7.05 Å². The molecule has 0 aromatic heterocycles. The Morgan fingerprint density at radius 2 is 1.78 bits per heavy atom. The lowest BCUT2D eigenvalue weighted by atomic mass is 10.1. The van der Waals surface area contributed by atoms with Crippen molar-refractivity contribution in [2.75, 3.05) is 17.7 Å². The van der Waals surface area contributed by atoms with Crippen molar-refractivity contribution in [1.82, 2.24) is 0 Å². The molecule has 0 aliphatic carbocycles. The fourth-order valence-electron chi connectivity index (χ4n) is 1.86. The minimum absolute atomic E-state index is 0.627. The first-order valence-electron chi connectivity index (χ1n) is 5.54. The molecule has 0 unspecified atom stereocenters. The van der Waals surface area contributed by atoms with Gasteiger partial charge in [0.05, 0.1) is 0 Å². The Kier molecular flexibility index (Phi) is 3.69. The molecular weight excluding hydrogens is 267 g/mol. The second kappa shape index (κ2) is 5.09. The quantitative estimate of drug-likeness (QED) is 0.812. The van der Waals surface area contributed by atoms with Crippen LogP contribution < -0.4 is 10.6 Å². The lowest BCUT2D eigenvalue weighted by Crippen LogP contribution is -2.11. The third-order valence-electron chi connectivity index (χ3n) is 2.94. The molecule has 0 atom stereocenters. The zero-order chi connectivity index (χ0) is 13.3. The predicted octanol–water partition coefficient (Wildman–Crippen LogP) is 4.65. The van der Waals surface area contributed by atoms with Crippen LogP contribution in [-0.2, 0) is 0 Å². The summed E-state index contributed by atoms with van der Waals surface area (Å²) in [5.41, 5.74) is 9.59. The van der Waals surface area contributed by atoms with Crippen molar-refractivity contribution in [3.8, 4) is 0 Å². The maximum absolute atomic E-state index is 6.05. The van der Waals surface area contributed by atoms with Gasteiger partial charge in [0.1, 0.15) is 0 Å². The van der Waals surface area contributed by atoms with E-state index in [1.165, 1.54) is 0 Å². The van der Waals surface area contributed by atoms with Crippen LogP contribution in [0.15, 0.2) is 36.4 Å². The summed E-state index contributed by atoms with van der Waals surface area (Å²) in [6, 6.07) is 11.3. The van der Waals surface area contributed by atoms with Gasteiger partial charge in [-0.2, -0.15) is 0 Å². The average Bonchev–Trinajstić information content (AvgIpc) is 2.33. The fourth-order valence-corrected chi connectivity index (χ4v) is 2.26. The zero-order valence-corrected chi connectivity index (χ0v) is 11.8. The van der Waals surface area contributed by atoms with E-state index in [2.05, 4.69) is 0 Å². The summed E-state index contributed by atoms with van der Waals surface area (Å²) < 4.78 is 0. The normalized spacial score (nSPS) is 10.4. The number of benzene rings is 2. The van der Waals surface area contributed by atoms with E-state index in [4.69, 9.17) is 28.9 Å². The molecule has 0 aliphatic rings. The van der Waals surface area contributed by atoms with E-state index < -0.39 is 0 Å². The van der Waals surface area contributed by atoms with Crippen LogP contribution in [0.2, 0.25) is 10.0 Å². The Bertz CT molecular complexity index is 582. The van der Waals surface area contributed by atoms with Gasteiger partial charge in [0.25, 0.3) is 0 Å². The van der Waals surface area contributed by atoms with E-state index in [9.17, 15) is 0 Å². The number of rotatable bonds is 2. The molecule has 2 rings (SSSR count). The van der Waals surface area contributed by atoms with Crippen molar-refractivity contribution in [2.24, 2.45) is 0 Å². The lowest BCUT2D eigenvalue weighted by Gasteiger charge is -2.23. The Morgan fingerprint density at radius 1 is 1.06 bits per heavy atom. The van der Waals surface area contributed by atoms with E-state index in [0.29, 0.717) is 15.7 Å². The summed E-state index contributed by atoms with van der Waals surface area (Å²) in [5, 5.41) is 1.33. The molecule has 2 aromatic rings. The van der Waals surface area contributed by atoms with Crippen molar-refractivity contribution >= 4 is 40.3 Å². The summed E-state index contributed by atoms with van der Waals surface area (Å²) in [6.07, 6.45) is 0. The van der Waals surface area contributed by atoms with Gasteiger partial charge in [-0.15, -0.1) is 0 Å². The Balaban J connectivity index is 2.49. The standard InChI is InChI=1S/C14H14Cl2N2/c1-9-13(17)7-11(16)8-14(9)18(2)12-5-3-4-10(15)6-12/h3-8H,17H2,1-2H3. The first kappa shape index (κ1) is 13.1. The second-order valence-electron chi connectivity index (χ2n) is 4.18. The molecule has 0 fully saturated rings. The molecule has 0 spiro atoms. The highest BCUT2D eigenvalue weighted by atomic mass is 35.5. The van der Waals surface area contributed by atoms with E-state index in [-0.39, 0.29) is 0 Å². The van der Waals surface area contributed by atoms with Crippen LogP contribution in [0.1, 0.15) is 5.56 Å². The molecule has 18 heavy (non-hydrogen) atoms. The number of nitrogens with two attached hydrogens (primary N) is 1. The molecule has 0 radical (unpaired) electrons. The number of nitrogens with zero attached hydrogens (tertiary/aromatic N) is 1. The molecule has 0 amide bonds. The van der Waals surface area contributed by atoms with Gasteiger partial charge in [-0.3, -0.25) is 0 Å². The number of hydrogen-bond donors (Lipinski definition) is 1. The molecule has 2 aromatic carbocycles. The lowest BCUT2D eigenvalue weighted by molar-refractivity contribution is 1.19. The van der Waals surface area contributed by atoms with Crippen LogP contribution in [0.5, 0.6) is 0 Å². The summed E-state index contributed by atoms with van der Waals surface area (Å²) >= 11 is 12.1. The number of nitrogen functional groups attached to an aromatic ring is 1. The highest BCUT2D eigenvalue weighted by Crippen LogP contribution is 2.33. The van der Waals surface area contributed by atoms with E-state index in [1.807, 2.05) is 49.2 Å². The summed E-state index contributed by atoms with van der Waals surface area (Å²) in [6.45, 7) is 1.97. The Hall–Kier alpha value is -1.38. The second-order valence-corrected chi connectivity index (χ2v) is 5.05. The molecule has 2 nitrogen and oxygen atoms in total. The Labute approximate surface area is 117 Å². The molecule has 4 heteroatoms. The first-order chi connectivity index (χ1) is 8.49. The van der Waals surface area contributed by atoms with Crippen molar-refractivity contribution in [1.29, 1.82) is 0 Å². The van der Waals surface area contributed by atoms with Crippen molar-refractivity contribution in [3.05, 3.63) is 52.0 Å². The van der Waals surface area contributed by atoms with Gasteiger partial charge in [-0.25, -0.2) is 0 Å². The van der Waals surface area contributed by atoms with E-state index in [1.54, 1.807) is 6.07 Å². The van der Waals surface area contributed by atoms with Crippen LogP contribution in [0.25, 0.3) is 0 Å². The summed E-state index contributed by atoms with van der Waals surface area (Å²) in [7, 11) is 1.96. The number of hydrogen-bond acceptors (Lipinski definition) is 2. The highest BCUT2D eigenvalue weighted by Gasteiger charge is 2.10. The minimum atomic E-state index is 0.627. The minimum Gasteiger partial charge on any atom is -0.398 e. The third-order valence-corrected chi connectivity index (χ3v) is 3.40. The van der Waals surface area contributed by atoms with Crippen LogP contribution >= 0.6 is 23.2 Å². The smallest absolute Gasteiger partial charge is 0.0473 e. The SMILES string of the molecule is Cc1c(N)cc(Cl)cc1N(C)c1cccc(Cl)c1. The van der Waals surface area contributed by atoms with Gasteiger partial charge in [-0.05, 0) is 42.8 Å². The highest BCUT2D eigenvalue weighted by molar-refractivity contribution is 6.31. The van der Waals surface area contributed by atoms with Crippen LogP contribution in [0.3, 0.4) is 0 Å². The van der Waals surface area contributed by atoms with Gasteiger partial charge in [-0.1, -0.05) is 29.3 Å². The molecular formula is C14H14Cl2N2. The first-order valence-corrected chi connectivity index (χ1v) is 6.29. The van der Waals surface area contributed by atoms with Crippen LogP contribution in [0.4, 0.5) is 17.1 Å². The molecule has 0 aliphatic heterocycles. The van der Waals surface area contributed by atoms with Crippen LogP contribution in [0, 0.1) is 6.92 Å². The zero-order valence-electron chi connectivity index (χ0n) is 10.2. The molecule has 0 saturated heterocycles. The molecule has 2 N–H and O–H groups in total. The number of halogens is 2. The Morgan fingerprint density at radius 3 is 2.44 bits per heavy atom. The average molecular weight is 281 g/mol.